The minimum Gasteiger partial charge on any atom is -0.394 e. The number of aliphatic hydroxyl groups is 3. The maximum absolute atomic E-state index is 13.9. The van der Waals surface area contributed by atoms with Crippen LogP contribution < -0.4 is 16.4 Å². The SMILES string of the molecule is CCCCCCCC/C=C\CCCCCCCC(=O)N(CCCCCCCCCCCCCCCCCC)[C@@H]1O[C@H](CO)[C@@H](O)[C@H](O)[C@H]1NC(=O)[C@H](C)NC(=O)CN. The van der Waals surface area contributed by atoms with Gasteiger partial charge in [0.15, 0.2) is 6.23 Å². The first-order valence-corrected chi connectivity index (χ1v) is 24.1. The Balaban J connectivity index is 2.70. The second-order valence-electron chi connectivity index (χ2n) is 17.0. The van der Waals surface area contributed by atoms with Gasteiger partial charge in [-0.15, -0.1) is 0 Å². The van der Waals surface area contributed by atoms with E-state index in [1.54, 1.807) is 4.90 Å². The van der Waals surface area contributed by atoms with E-state index >= 15 is 0 Å². The molecule has 11 heteroatoms. The maximum Gasteiger partial charge on any atom is 0.242 e. The number of rotatable bonds is 38. The lowest BCUT2D eigenvalue weighted by atomic mass is 9.94. The first kappa shape index (κ1) is 54.0. The third kappa shape index (κ3) is 25.5. The third-order valence-corrected chi connectivity index (χ3v) is 11.7. The zero-order chi connectivity index (χ0) is 42.6. The second kappa shape index (κ2) is 36.8. The molecule has 0 unspecified atom stereocenters. The number of nitrogens with two attached hydrogens (primary N) is 1. The van der Waals surface area contributed by atoms with Crippen molar-refractivity contribution in [1.82, 2.24) is 15.5 Å². The van der Waals surface area contributed by atoms with Gasteiger partial charge in [0.2, 0.25) is 17.7 Å². The van der Waals surface area contributed by atoms with Crippen molar-refractivity contribution in [3.05, 3.63) is 12.2 Å². The molecule has 1 fully saturated rings. The fraction of sp³-hybridized carbons (Fsp3) is 0.894. The van der Waals surface area contributed by atoms with Crippen LogP contribution in [0.1, 0.15) is 213 Å². The van der Waals surface area contributed by atoms with E-state index in [4.69, 9.17) is 10.5 Å². The summed E-state index contributed by atoms with van der Waals surface area (Å²) in [6.07, 6.45) is 34.5. The van der Waals surface area contributed by atoms with Crippen LogP contribution in [0, 0.1) is 0 Å². The molecule has 3 amide bonds. The molecular weight excluding hydrogens is 733 g/mol. The number of amides is 3. The van der Waals surface area contributed by atoms with Crippen molar-refractivity contribution in [3.63, 3.8) is 0 Å². The third-order valence-electron chi connectivity index (χ3n) is 11.7. The summed E-state index contributed by atoms with van der Waals surface area (Å²) in [5, 5.41) is 37.3. The molecule has 340 valence electrons. The van der Waals surface area contributed by atoms with Gasteiger partial charge >= 0.3 is 0 Å². The summed E-state index contributed by atoms with van der Waals surface area (Å²) in [6, 6.07) is -2.15. The summed E-state index contributed by atoms with van der Waals surface area (Å²) >= 11 is 0. The Morgan fingerprint density at radius 2 is 1.09 bits per heavy atom. The van der Waals surface area contributed by atoms with Gasteiger partial charge in [0.1, 0.15) is 30.4 Å². The van der Waals surface area contributed by atoms with E-state index in [0.717, 1.165) is 57.8 Å². The van der Waals surface area contributed by atoms with Crippen molar-refractivity contribution in [2.75, 3.05) is 19.7 Å². The predicted molar refractivity (Wildman–Crippen MR) is 237 cm³/mol. The van der Waals surface area contributed by atoms with Gasteiger partial charge in [-0.2, -0.15) is 0 Å². The van der Waals surface area contributed by atoms with Crippen molar-refractivity contribution in [2.45, 2.75) is 250 Å². The smallest absolute Gasteiger partial charge is 0.242 e. The Kier molecular flexibility index (Phi) is 34.2. The lowest BCUT2D eigenvalue weighted by Gasteiger charge is -2.47. The van der Waals surface area contributed by atoms with Crippen LogP contribution >= 0.6 is 0 Å². The largest absolute Gasteiger partial charge is 0.394 e. The second-order valence-corrected chi connectivity index (χ2v) is 17.0. The van der Waals surface area contributed by atoms with Crippen molar-refractivity contribution >= 4 is 17.7 Å². The van der Waals surface area contributed by atoms with Gasteiger partial charge in [0.25, 0.3) is 0 Å². The van der Waals surface area contributed by atoms with Gasteiger partial charge in [-0.1, -0.05) is 174 Å². The minimum atomic E-state index is -1.52. The number of carbonyl (C=O) groups is 3. The quantitative estimate of drug-likeness (QED) is 0.0266. The maximum atomic E-state index is 13.9. The van der Waals surface area contributed by atoms with E-state index in [1.807, 2.05) is 0 Å². The highest BCUT2D eigenvalue weighted by atomic mass is 16.5. The Morgan fingerprint density at radius 3 is 1.53 bits per heavy atom. The van der Waals surface area contributed by atoms with Gasteiger partial charge in [-0.05, 0) is 45.4 Å². The molecule has 0 aromatic carbocycles. The van der Waals surface area contributed by atoms with E-state index in [2.05, 4.69) is 36.6 Å². The number of carbonyl (C=O) groups excluding carboxylic acids is 3. The monoisotopic (exact) mass is 823 g/mol. The molecule has 1 aliphatic rings. The first-order chi connectivity index (χ1) is 28.2. The van der Waals surface area contributed by atoms with Crippen LogP contribution in [0.2, 0.25) is 0 Å². The molecule has 1 saturated heterocycles. The molecule has 6 atom stereocenters. The highest BCUT2D eigenvalue weighted by Gasteiger charge is 2.48. The van der Waals surface area contributed by atoms with E-state index in [1.165, 1.54) is 129 Å². The molecule has 0 saturated carbocycles. The van der Waals surface area contributed by atoms with Gasteiger partial charge in [0.05, 0.1) is 13.2 Å². The van der Waals surface area contributed by atoms with Gasteiger partial charge in [-0.3, -0.25) is 14.4 Å². The zero-order valence-electron chi connectivity index (χ0n) is 37.5. The molecule has 0 bridgehead atoms. The van der Waals surface area contributed by atoms with Gasteiger partial charge in [-0.25, -0.2) is 0 Å². The Bertz CT molecular complexity index is 1050. The topological polar surface area (TPSA) is 174 Å². The van der Waals surface area contributed by atoms with E-state index in [0.29, 0.717) is 19.4 Å². The molecular formula is C47H90N4O7. The van der Waals surface area contributed by atoms with Crippen molar-refractivity contribution in [3.8, 4) is 0 Å². The summed E-state index contributed by atoms with van der Waals surface area (Å²) in [6.45, 7) is 5.51. The fourth-order valence-corrected chi connectivity index (χ4v) is 7.89. The summed E-state index contributed by atoms with van der Waals surface area (Å²) in [4.78, 5) is 40.6. The summed E-state index contributed by atoms with van der Waals surface area (Å²) in [7, 11) is 0. The van der Waals surface area contributed by atoms with Crippen LogP contribution in [0.15, 0.2) is 12.2 Å². The Labute approximate surface area is 354 Å². The molecule has 0 radical (unpaired) electrons. The van der Waals surface area contributed by atoms with Crippen LogP contribution in [0.3, 0.4) is 0 Å². The van der Waals surface area contributed by atoms with Gasteiger partial charge < -0.3 is 41.3 Å². The number of hydrogen-bond donors (Lipinski definition) is 6. The molecule has 11 nitrogen and oxygen atoms in total. The molecule has 7 N–H and O–H groups in total. The van der Waals surface area contributed by atoms with Crippen LogP contribution in [-0.2, 0) is 19.1 Å². The summed E-state index contributed by atoms with van der Waals surface area (Å²) in [5.74, 6) is -1.27. The van der Waals surface area contributed by atoms with Crippen LogP contribution in [-0.4, -0.2) is 94.3 Å². The first-order valence-electron chi connectivity index (χ1n) is 24.1. The molecule has 1 aliphatic heterocycles. The molecule has 1 rings (SSSR count). The number of allylic oxidation sites excluding steroid dienone is 2. The molecule has 0 aromatic heterocycles. The Hall–Kier alpha value is -2.05. The molecule has 0 spiro atoms. The zero-order valence-corrected chi connectivity index (χ0v) is 37.5. The average molecular weight is 823 g/mol. The lowest BCUT2D eigenvalue weighted by Crippen LogP contribution is -2.69. The standard InChI is InChI=1S/C47H90N4O7/c1-4-6-8-10-12-14-16-18-20-22-24-26-28-30-32-34-36-51(42(54)35-33-31-29-27-25-23-21-19-17-15-13-11-9-7-5-2)47-43(45(56)44(55)40(38-52)58-47)50-46(57)39(3)49-41(53)37-48/h19,21,39-40,43-45,47,52,55-56H,4-18,20,22-38,48H2,1-3H3,(H,49,53)(H,50,57)/b21-19-/t39-,40+,43+,44+,45+,47+/m0/s1. The van der Waals surface area contributed by atoms with Crippen molar-refractivity contribution < 1.29 is 34.4 Å². The number of hydrogen-bond acceptors (Lipinski definition) is 8. The average Bonchev–Trinajstić information content (AvgIpc) is 3.22. The van der Waals surface area contributed by atoms with Crippen LogP contribution in [0.25, 0.3) is 0 Å². The molecule has 0 aliphatic carbocycles. The fourth-order valence-electron chi connectivity index (χ4n) is 7.89. The predicted octanol–water partition coefficient (Wildman–Crippen LogP) is 8.50. The Morgan fingerprint density at radius 1 is 0.655 bits per heavy atom. The van der Waals surface area contributed by atoms with Crippen molar-refractivity contribution in [1.29, 1.82) is 0 Å². The molecule has 0 aromatic rings. The van der Waals surface area contributed by atoms with E-state index in [9.17, 15) is 29.7 Å². The highest BCUT2D eigenvalue weighted by molar-refractivity contribution is 5.88. The van der Waals surface area contributed by atoms with Crippen LogP contribution in [0.4, 0.5) is 0 Å². The van der Waals surface area contributed by atoms with Crippen molar-refractivity contribution in [2.24, 2.45) is 5.73 Å². The number of ether oxygens (including phenoxy) is 1. The van der Waals surface area contributed by atoms with Crippen LogP contribution in [0.5, 0.6) is 0 Å². The highest BCUT2D eigenvalue weighted by Crippen LogP contribution is 2.26. The molecule has 58 heavy (non-hydrogen) atoms. The van der Waals surface area contributed by atoms with E-state index < -0.39 is 55.0 Å². The number of unbranched alkanes of at least 4 members (excludes halogenated alkanes) is 26. The number of nitrogens with zero attached hydrogens (tertiary/aromatic N) is 1. The van der Waals surface area contributed by atoms with E-state index in [-0.39, 0.29) is 12.5 Å². The summed E-state index contributed by atoms with van der Waals surface area (Å²) < 4.78 is 6.12. The number of nitrogens with one attached hydrogen (secondary N) is 2. The minimum absolute atomic E-state index is 0.146. The lowest BCUT2D eigenvalue weighted by molar-refractivity contribution is -0.231. The normalized spacial score (nSPS) is 20.0. The number of aliphatic hydroxyl groups excluding tert-OH is 3. The van der Waals surface area contributed by atoms with Gasteiger partial charge in [0, 0.05) is 13.0 Å². The molecule has 1 heterocycles. The summed E-state index contributed by atoms with van der Waals surface area (Å²) in [5.41, 5.74) is 5.41.